The van der Waals surface area contributed by atoms with Gasteiger partial charge in [0, 0.05) is 17.5 Å². The molecule has 0 radical (unpaired) electrons. The maximum Gasteiger partial charge on any atom is 0.153 e. The van der Waals surface area contributed by atoms with Crippen LogP contribution < -0.4 is 4.74 Å². The number of hydrogen-bond donors (Lipinski definition) is 0. The molecule has 0 bridgehead atoms. The molecule has 20 heavy (non-hydrogen) atoms. The van der Waals surface area contributed by atoms with Crippen molar-refractivity contribution in [3.05, 3.63) is 47.8 Å². The van der Waals surface area contributed by atoms with Gasteiger partial charge in [-0.05, 0) is 49.4 Å². The fraction of sp³-hybridized carbons (Fsp3) is 0.294. The highest BCUT2D eigenvalue weighted by Crippen LogP contribution is 2.31. The van der Waals surface area contributed by atoms with Crippen molar-refractivity contribution in [2.45, 2.75) is 19.8 Å². The summed E-state index contributed by atoms with van der Waals surface area (Å²) in [5, 5.41) is 0. The van der Waals surface area contributed by atoms with Gasteiger partial charge < -0.3 is 4.74 Å². The first kappa shape index (κ1) is 12.9. The summed E-state index contributed by atoms with van der Waals surface area (Å²) in [6, 6.07) is 9.68. The lowest BCUT2D eigenvalue weighted by Gasteiger charge is -2.10. The second kappa shape index (κ2) is 5.45. The number of rotatable bonds is 5. The van der Waals surface area contributed by atoms with Crippen LogP contribution in [0, 0.1) is 12.8 Å². The highest BCUT2D eigenvalue weighted by molar-refractivity contribution is 5.81. The van der Waals surface area contributed by atoms with Gasteiger partial charge in [0.15, 0.2) is 6.29 Å². The van der Waals surface area contributed by atoms with Crippen LogP contribution in [0.15, 0.2) is 36.5 Å². The average Bonchev–Trinajstić information content (AvgIpc) is 3.30. The van der Waals surface area contributed by atoms with Crippen LogP contribution in [0.4, 0.5) is 0 Å². The van der Waals surface area contributed by atoms with Gasteiger partial charge in [0.1, 0.15) is 5.75 Å². The molecule has 1 aromatic carbocycles. The Hall–Kier alpha value is -2.16. The van der Waals surface area contributed by atoms with E-state index in [0.29, 0.717) is 23.8 Å². The number of aryl methyl sites for hydroxylation is 1. The molecular weight excluding hydrogens is 250 g/mol. The minimum absolute atomic E-state index is 0.606. The summed E-state index contributed by atoms with van der Waals surface area (Å²) < 4.78 is 5.79. The maximum atomic E-state index is 11.1. The van der Waals surface area contributed by atoms with Crippen LogP contribution in [-0.2, 0) is 0 Å². The van der Waals surface area contributed by atoms with Crippen molar-refractivity contribution >= 4 is 6.29 Å². The van der Waals surface area contributed by atoms with Crippen molar-refractivity contribution in [2.24, 2.45) is 5.92 Å². The van der Waals surface area contributed by atoms with Crippen LogP contribution in [0.3, 0.4) is 0 Å². The largest absolute Gasteiger partial charge is 0.493 e. The zero-order chi connectivity index (χ0) is 13.9. The number of aromatic nitrogens is 1. The molecule has 1 saturated carbocycles. The number of carbonyl (C=O) groups is 1. The number of pyridine rings is 1. The molecule has 0 saturated heterocycles. The van der Waals surface area contributed by atoms with Gasteiger partial charge in [0.2, 0.25) is 0 Å². The molecule has 1 aliphatic rings. The Morgan fingerprint density at radius 1 is 1.25 bits per heavy atom. The van der Waals surface area contributed by atoms with Crippen molar-refractivity contribution < 1.29 is 9.53 Å². The minimum Gasteiger partial charge on any atom is -0.493 e. The van der Waals surface area contributed by atoms with Crippen LogP contribution in [0.5, 0.6) is 5.75 Å². The fourth-order valence-electron chi connectivity index (χ4n) is 2.07. The van der Waals surface area contributed by atoms with Crippen molar-refractivity contribution in [2.75, 3.05) is 6.61 Å². The standard InChI is InChI=1S/C17H17NO2/c1-12-2-5-15(9-18-12)14-6-7-16(10-19)17(8-14)20-11-13-3-4-13/h2,5-10,13H,3-4,11H2,1H3. The molecule has 3 nitrogen and oxygen atoms in total. The predicted molar refractivity (Wildman–Crippen MR) is 78.0 cm³/mol. The molecule has 1 fully saturated rings. The molecule has 1 aromatic heterocycles. The molecule has 102 valence electrons. The van der Waals surface area contributed by atoms with E-state index in [4.69, 9.17) is 4.74 Å². The molecule has 0 unspecified atom stereocenters. The quantitative estimate of drug-likeness (QED) is 0.776. The third-order valence-corrected chi connectivity index (χ3v) is 3.56. The van der Waals surface area contributed by atoms with Crippen LogP contribution in [0.2, 0.25) is 0 Å². The first-order chi connectivity index (χ1) is 9.76. The van der Waals surface area contributed by atoms with Gasteiger partial charge in [0.25, 0.3) is 0 Å². The van der Waals surface area contributed by atoms with Gasteiger partial charge in [-0.25, -0.2) is 0 Å². The molecule has 3 rings (SSSR count). The normalized spacial score (nSPS) is 14.1. The van der Waals surface area contributed by atoms with E-state index >= 15 is 0 Å². The molecule has 0 spiro atoms. The lowest BCUT2D eigenvalue weighted by atomic mass is 10.0. The number of benzene rings is 1. The summed E-state index contributed by atoms with van der Waals surface area (Å²) in [4.78, 5) is 15.4. The van der Waals surface area contributed by atoms with E-state index in [1.54, 1.807) is 0 Å². The van der Waals surface area contributed by atoms with E-state index in [-0.39, 0.29) is 0 Å². The number of carbonyl (C=O) groups excluding carboxylic acids is 1. The zero-order valence-corrected chi connectivity index (χ0v) is 11.5. The number of ether oxygens (including phenoxy) is 1. The van der Waals surface area contributed by atoms with Gasteiger partial charge in [0.05, 0.1) is 12.2 Å². The average molecular weight is 267 g/mol. The topological polar surface area (TPSA) is 39.2 Å². The number of nitrogens with zero attached hydrogens (tertiary/aromatic N) is 1. The third-order valence-electron chi connectivity index (χ3n) is 3.56. The summed E-state index contributed by atoms with van der Waals surface area (Å²) in [5.74, 6) is 1.34. The molecule has 0 amide bonds. The van der Waals surface area contributed by atoms with Crippen LogP contribution >= 0.6 is 0 Å². The summed E-state index contributed by atoms with van der Waals surface area (Å²) in [6.07, 6.45) is 5.16. The second-order valence-corrected chi connectivity index (χ2v) is 5.31. The van der Waals surface area contributed by atoms with Gasteiger partial charge in [-0.15, -0.1) is 0 Å². The fourth-order valence-corrected chi connectivity index (χ4v) is 2.07. The molecule has 1 heterocycles. The van der Waals surface area contributed by atoms with Crippen molar-refractivity contribution in [3.8, 4) is 16.9 Å². The number of aldehydes is 1. The number of hydrogen-bond acceptors (Lipinski definition) is 3. The van der Waals surface area contributed by atoms with E-state index in [9.17, 15) is 4.79 Å². The van der Waals surface area contributed by atoms with E-state index in [1.165, 1.54) is 12.8 Å². The smallest absolute Gasteiger partial charge is 0.153 e. The molecule has 1 aliphatic carbocycles. The Kier molecular flexibility index (Phi) is 3.50. The molecule has 0 aliphatic heterocycles. The Labute approximate surface area is 118 Å². The SMILES string of the molecule is Cc1ccc(-c2ccc(C=O)c(OCC3CC3)c2)cn1. The summed E-state index contributed by atoms with van der Waals surface area (Å²) >= 11 is 0. The lowest BCUT2D eigenvalue weighted by Crippen LogP contribution is -2.01. The molecule has 0 N–H and O–H groups in total. The molecule has 0 atom stereocenters. The van der Waals surface area contributed by atoms with Crippen molar-refractivity contribution in [3.63, 3.8) is 0 Å². The first-order valence-electron chi connectivity index (χ1n) is 6.91. The van der Waals surface area contributed by atoms with Crippen molar-refractivity contribution in [1.82, 2.24) is 4.98 Å². The molecule has 3 heteroatoms. The van der Waals surface area contributed by atoms with Crippen molar-refractivity contribution in [1.29, 1.82) is 0 Å². The van der Waals surface area contributed by atoms with E-state index in [1.807, 2.05) is 43.5 Å². The Bertz CT molecular complexity index is 615. The Morgan fingerprint density at radius 3 is 2.70 bits per heavy atom. The monoisotopic (exact) mass is 267 g/mol. The first-order valence-corrected chi connectivity index (χ1v) is 6.91. The molecule has 2 aromatic rings. The lowest BCUT2D eigenvalue weighted by molar-refractivity contribution is 0.111. The second-order valence-electron chi connectivity index (χ2n) is 5.31. The van der Waals surface area contributed by atoms with Crippen LogP contribution in [0.1, 0.15) is 28.9 Å². The minimum atomic E-state index is 0.606. The van der Waals surface area contributed by atoms with Crippen LogP contribution in [-0.4, -0.2) is 17.9 Å². The highest BCUT2D eigenvalue weighted by atomic mass is 16.5. The zero-order valence-electron chi connectivity index (χ0n) is 11.5. The summed E-state index contributed by atoms with van der Waals surface area (Å²) in [7, 11) is 0. The van der Waals surface area contributed by atoms with E-state index < -0.39 is 0 Å². The van der Waals surface area contributed by atoms with Gasteiger partial charge in [-0.3, -0.25) is 9.78 Å². The highest BCUT2D eigenvalue weighted by Gasteiger charge is 2.22. The van der Waals surface area contributed by atoms with Gasteiger partial charge in [-0.2, -0.15) is 0 Å². The summed E-state index contributed by atoms with van der Waals surface area (Å²) in [5.41, 5.74) is 3.65. The molecular formula is C17H17NO2. The van der Waals surface area contributed by atoms with Gasteiger partial charge >= 0.3 is 0 Å². The predicted octanol–water partition coefficient (Wildman–Crippen LogP) is 3.66. The summed E-state index contributed by atoms with van der Waals surface area (Å²) in [6.45, 7) is 2.67. The van der Waals surface area contributed by atoms with Crippen LogP contribution in [0.25, 0.3) is 11.1 Å². The Morgan fingerprint density at radius 2 is 2.05 bits per heavy atom. The van der Waals surface area contributed by atoms with E-state index in [2.05, 4.69) is 4.98 Å². The maximum absolute atomic E-state index is 11.1. The van der Waals surface area contributed by atoms with E-state index in [0.717, 1.165) is 23.1 Å². The van der Waals surface area contributed by atoms with Gasteiger partial charge in [-0.1, -0.05) is 12.1 Å². The Balaban J connectivity index is 1.88. The third kappa shape index (κ3) is 2.87.